The number of hydrogen-bond donors (Lipinski definition) is 2. The second-order valence-corrected chi connectivity index (χ2v) is 10.4. The summed E-state index contributed by atoms with van der Waals surface area (Å²) in [4.78, 5) is 12.8. The predicted molar refractivity (Wildman–Crippen MR) is 131 cm³/mol. The minimum Gasteiger partial charge on any atom is -0.296 e. The summed E-state index contributed by atoms with van der Waals surface area (Å²) in [5.41, 5.74) is 2.99. The van der Waals surface area contributed by atoms with Crippen LogP contribution in [0.5, 0.6) is 0 Å². The van der Waals surface area contributed by atoms with Crippen molar-refractivity contribution in [1.82, 2.24) is 10.2 Å². The molecule has 2 N–H and O–H groups in total. The monoisotopic (exact) mass is 498 g/mol. The standard InChI is InChI=1S/C23H19ClN4O3S2/c1-14-3-11-19(12-4-14)28-33(30,31)20-13-17(6-5-15(20)2)21(29)25-23-27-26-22(32-23)16-7-9-18(24)10-8-16/h3-13,28H,1-2H3,(H,25,27,29). The summed E-state index contributed by atoms with van der Waals surface area (Å²) in [6.45, 7) is 3.59. The molecule has 7 nitrogen and oxygen atoms in total. The van der Waals surface area contributed by atoms with E-state index >= 15 is 0 Å². The van der Waals surface area contributed by atoms with Crippen molar-refractivity contribution in [1.29, 1.82) is 0 Å². The molecule has 1 amide bonds. The van der Waals surface area contributed by atoms with Crippen molar-refractivity contribution in [2.24, 2.45) is 0 Å². The zero-order valence-electron chi connectivity index (χ0n) is 17.7. The van der Waals surface area contributed by atoms with E-state index in [0.29, 0.717) is 26.4 Å². The van der Waals surface area contributed by atoms with Crippen molar-refractivity contribution >= 4 is 49.7 Å². The van der Waals surface area contributed by atoms with E-state index in [1.54, 1.807) is 43.3 Å². The number of aryl methyl sites for hydroxylation is 2. The van der Waals surface area contributed by atoms with Gasteiger partial charge in [0.1, 0.15) is 5.01 Å². The van der Waals surface area contributed by atoms with Gasteiger partial charge in [0.15, 0.2) is 0 Å². The number of amides is 1. The first-order valence-electron chi connectivity index (χ1n) is 9.82. The van der Waals surface area contributed by atoms with Crippen molar-refractivity contribution in [2.45, 2.75) is 18.7 Å². The fourth-order valence-electron chi connectivity index (χ4n) is 3.01. The molecule has 3 aromatic carbocycles. The summed E-state index contributed by atoms with van der Waals surface area (Å²) >= 11 is 7.11. The molecule has 0 saturated heterocycles. The molecule has 0 fully saturated rings. The number of anilines is 2. The second kappa shape index (κ2) is 9.30. The van der Waals surface area contributed by atoms with Crippen LogP contribution in [-0.2, 0) is 10.0 Å². The van der Waals surface area contributed by atoms with E-state index in [0.717, 1.165) is 11.1 Å². The number of aromatic nitrogens is 2. The Morgan fingerprint density at radius 2 is 1.64 bits per heavy atom. The summed E-state index contributed by atoms with van der Waals surface area (Å²) < 4.78 is 28.5. The van der Waals surface area contributed by atoms with Gasteiger partial charge in [0.25, 0.3) is 15.9 Å². The summed E-state index contributed by atoms with van der Waals surface area (Å²) in [6.07, 6.45) is 0. The minimum absolute atomic E-state index is 0.0230. The normalized spacial score (nSPS) is 11.2. The van der Waals surface area contributed by atoms with Gasteiger partial charge >= 0.3 is 0 Å². The quantitative estimate of drug-likeness (QED) is 0.364. The van der Waals surface area contributed by atoms with E-state index in [2.05, 4.69) is 20.2 Å². The minimum atomic E-state index is -3.89. The number of hydrogen-bond acceptors (Lipinski definition) is 6. The van der Waals surface area contributed by atoms with E-state index in [1.807, 2.05) is 31.2 Å². The highest BCUT2D eigenvalue weighted by molar-refractivity contribution is 7.92. The Morgan fingerprint density at radius 1 is 0.939 bits per heavy atom. The second-order valence-electron chi connectivity index (χ2n) is 7.33. The highest BCUT2D eigenvalue weighted by Gasteiger charge is 2.20. The number of rotatable bonds is 6. The van der Waals surface area contributed by atoms with Gasteiger partial charge in [-0.1, -0.05) is 58.8 Å². The molecule has 4 rings (SSSR count). The molecule has 1 heterocycles. The van der Waals surface area contributed by atoms with Gasteiger partial charge in [-0.15, -0.1) is 10.2 Å². The van der Waals surface area contributed by atoms with Crippen molar-refractivity contribution in [3.63, 3.8) is 0 Å². The molecule has 1 aromatic heterocycles. The third-order valence-electron chi connectivity index (χ3n) is 4.78. The summed E-state index contributed by atoms with van der Waals surface area (Å²) in [5.74, 6) is -0.486. The van der Waals surface area contributed by atoms with E-state index in [-0.39, 0.29) is 10.5 Å². The summed E-state index contributed by atoms with van der Waals surface area (Å²) in [6, 6.07) is 18.6. The van der Waals surface area contributed by atoms with Crippen LogP contribution in [0.25, 0.3) is 10.6 Å². The SMILES string of the molecule is Cc1ccc(NS(=O)(=O)c2cc(C(=O)Nc3nnc(-c4ccc(Cl)cc4)s3)ccc2C)cc1. The average Bonchev–Trinajstić information content (AvgIpc) is 3.24. The van der Waals surface area contributed by atoms with Crippen molar-refractivity contribution in [3.05, 3.63) is 88.4 Å². The number of sulfonamides is 1. The average molecular weight is 499 g/mol. The Kier molecular flexibility index (Phi) is 6.46. The van der Waals surface area contributed by atoms with Crippen LogP contribution in [0.3, 0.4) is 0 Å². The summed E-state index contributed by atoms with van der Waals surface area (Å²) in [5, 5.41) is 12.3. The Balaban J connectivity index is 1.54. The molecule has 0 aliphatic heterocycles. The Hall–Kier alpha value is -3.27. The third-order valence-corrected chi connectivity index (χ3v) is 7.44. The molecule has 168 valence electrons. The van der Waals surface area contributed by atoms with Crippen LogP contribution in [0.2, 0.25) is 5.02 Å². The lowest BCUT2D eigenvalue weighted by atomic mass is 10.1. The Labute approximate surface area is 200 Å². The van der Waals surface area contributed by atoms with Gasteiger partial charge < -0.3 is 0 Å². The number of nitrogens with one attached hydrogen (secondary N) is 2. The summed E-state index contributed by atoms with van der Waals surface area (Å²) in [7, 11) is -3.89. The maximum Gasteiger partial charge on any atom is 0.262 e. The maximum absolute atomic E-state index is 13.0. The molecule has 4 aromatic rings. The van der Waals surface area contributed by atoms with E-state index < -0.39 is 15.9 Å². The third kappa shape index (κ3) is 5.39. The highest BCUT2D eigenvalue weighted by Crippen LogP contribution is 2.28. The molecule has 0 bridgehead atoms. The maximum atomic E-state index is 13.0. The molecule has 33 heavy (non-hydrogen) atoms. The van der Waals surface area contributed by atoms with Crippen LogP contribution in [0, 0.1) is 13.8 Å². The zero-order chi connectivity index (χ0) is 23.6. The van der Waals surface area contributed by atoms with Gasteiger partial charge in [-0.05, 0) is 55.8 Å². The fourth-order valence-corrected chi connectivity index (χ4v) is 5.22. The largest absolute Gasteiger partial charge is 0.296 e. The van der Waals surface area contributed by atoms with E-state index in [9.17, 15) is 13.2 Å². The topological polar surface area (TPSA) is 101 Å². The molecule has 10 heteroatoms. The number of carbonyl (C=O) groups is 1. The van der Waals surface area contributed by atoms with Gasteiger partial charge in [-0.3, -0.25) is 14.8 Å². The number of halogens is 1. The van der Waals surface area contributed by atoms with Crippen LogP contribution in [0.1, 0.15) is 21.5 Å². The van der Waals surface area contributed by atoms with Gasteiger partial charge in [0.2, 0.25) is 5.13 Å². The molecule has 0 atom stereocenters. The van der Waals surface area contributed by atoms with Crippen LogP contribution in [0.15, 0.2) is 71.6 Å². The van der Waals surface area contributed by atoms with Crippen LogP contribution in [0.4, 0.5) is 10.8 Å². The first kappa shape index (κ1) is 22.9. The molecule has 0 aliphatic carbocycles. The molecule has 0 aliphatic rings. The van der Waals surface area contributed by atoms with Gasteiger partial charge in [0.05, 0.1) is 4.90 Å². The van der Waals surface area contributed by atoms with E-state index in [4.69, 9.17) is 11.6 Å². The molecule has 0 saturated carbocycles. The van der Waals surface area contributed by atoms with Gasteiger partial charge in [-0.2, -0.15) is 0 Å². The zero-order valence-corrected chi connectivity index (χ0v) is 20.1. The highest BCUT2D eigenvalue weighted by atomic mass is 35.5. The Morgan fingerprint density at radius 3 is 2.33 bits per heavy atom. The number of nitrogens with zero attached hydrogens (tertiary/aromatic N) is 2. The molecular formula is C23H19ClN4O3S2. The molecule has 0 radical (unpaired) electrons. The smallest absolute Gasteiger partial charge is 0.262 e. The Bertz CT molecular complexity index is 1420. The predicted octanol–water partition coefficient (Wildman–Crippen LogP) is 5.53. The number of carbonyl (C=O) groups excluding carboxylic acids is 1. The lowest BCUT2D eigenvalue weighted by molar-refractivity contribution is 0.102. The first-order chi connectivity index (χ1) is 15.7. The van der Waals surface area contributed by atoms with E-state index in [1.165, 1.54) is 17.4 Å². The lowest BCUT2D eigenvalue weighted by Crippen LogP contribution is -2.17. The lowest BCUT2D eigenvalue weighted by Gasteiger charge is -2.12. The molecule has 0 spiro atoms. The fraction of sp³-hybridized carbons (Fsp3) is 0.0870. The van der Waals surface area contributed by atoms with Crippen molar-refractivity contribution in [3.8, 4) is 10.6 Å². The van der Waals surface area contributed by atoms with Crippen LogP contribution >= 0.6 is 22.9 Å². The van der Waals surface area contributed by atoms with Gasteiger partial charge in [0, 0.05) is 21.8 Å². The number of benzene rings is 3. The first-order valence-corrected chi connectivity index (χ1v) is 12.5. The van der Waals surface area contributed by atoms with Gasteiger partial charge in [-0.25, -0.2) is 8.42 Å². The molecular weight excluding hydrogens is 480 g/mol. The molecule has 0 unspecified atom stereocenters. The van der Waals surface area contributed by atoms with Crippen molar-refractivity contribution in [2.75, 3.05) is 10.0 Å². The van der Waals surface area contributed by atoms with Crippen molar-refractivity contribution < 1.29 is 13.2 Å². The van der Waals surface area contributed by atoms with Crippen LogP contribution in [-0.4, -0.2) is 24.5 Å². The van der Waals surface area contributed by atoms with Crippen LogP contribution < -0.4 is 10.0 Å².